The monoisotopic (exact) mass is 347 g/mol. The van der Waals surface area contributed by atoms with E-state index in [0.717, 1.165) is 21.3 Å². The van der Waals surface area contributed by atoms with Crippen molar-refractivity contribution < 1.29 is 9.53 Å². The molecule has 0 atom stereocenters. The minimum absolute atomic E-state index is 0.0959. The number of hydrogen-bond donors (Lipinski definition) is 1. The topological polar surface area (TPSA) is 38.3 Å². The maximum Gasteiger partial charge on any atom is 0.251 e. The molecule has 0 spiro atoms. The van der Waals surface area contributed by atoms with Gasteiger partial charge in [0.2, 0.25) is 0 Å². The van der Waals surface area contributed by atoms with E-state index in [1.54, 1.807) is 12.1 Å². The second kappa shape index (κ2) is 7.27. The fourth-order valence-electron chi connectivity index (χ4n) is 2.08. The first-order valence-corrected chi connectivity index (χ1v) is 7.60. The Morgan fingerprint density at radius 3 is 2.48 bits per heavy atom. The summed E-state index contributed by atoms with van der Waals surface area (Å²) in [4.78, 5) is 12.0. The average Bonchev–Trinajstić information content (AvgIpc) is 2.45. The van der Waals surface area contributed by atoms with E-state index < -0.39 is 0 Å². The van der Waals surface area contributed by atoms with Gasteiger partial charge in [0, 0.05) is 10.0 Å². The normalized spacial score (nSPS) is 10.2. The Morgan fingerprint density at radius 1 is 1.14 bits per heavy atom. The van der Waals surface area contributed by atoms with Crippen LogP contribution >= 0.6 is 15.9 Å². The lowest BCUT2D eigenvalue weighted by atomic mass is 10.1. The summed E-state index contributed by atoms with van der Waals surface area (Å²) in [5.41, 5.74) is 2.85. The van der Waals surface area contributed by atoms with Crippen LogP contribution < -0.4 is 10.1 Å². The maximum atomic E-state index is 12.0. The molecule has 0 aromatic heterocycles. The van der Waals surface area contributed by atoms with E-state index in [1.165, 1.54) is 0 Å². The van der Waals surface area contributed by atoms with Gasteiger partial charge in [-0.05, 0) is 43.2 Å². The van der Waals surface area contributed by atoms with Gasteiger partial charge in [-0.15, -0.1) is 0 Å². The van der Waals surface area contributed by atoms with Crippen LogP contribution in [0.2, 0.25) is 0 Å². The summed E-state index contributed by atoms with van der Waals surface area (Å²) in [5, 5.41) is 2.85. The molecule has 1 amide bonds. The number of carbonyl (C=O) groups is 1. The zero-order valence-corrected chi connectivity index (χ0v) is 13.7. The largest absolute Gasteiger partial charge is 0.491 e. The van der Waals surface area contributed by atoms with E-state index in [4.69, 9.17) is 4.74 Å². The Hall–Kier alpha value is -1.81. The van der Waals surface area contributed by atoms with Crippen LogP contribution in [0.15, 0.2) is 46.9 Å². The Kier molecular flexibility index (Phi) is 5.39. The van der Waals surface area contributed by atoms with Crippen LogP contribution in [0, 0.1) is 13.8 Å². The number of ether oxygens (including phenoxy) is 1. The zero-order valence-electron chi connectivity index (χ0n) is 12.2. The van der Waals surface area contributed by atoms with Gasteiger partial charge in [0.05, 0.1) is 6.54 Å². The summed E-state index contributed by atoms with van der Waals surface area (Å²) in [7, 11) is 0. The van der Waals surface area contributed by atoms with Crippen LogP contribution in [0.3, 0.4) is 0 Å². The van der Waals surface area contributed by atoms with Crippen molar-refractivity contribution in [3.8, 4) is 5.75 Å². The molecule has 3 nitrogen and oxygen atoms in total. The maximum absolute atomic E-state index is 12.0. The van der Waals surface area contributed by atoms with E-state index in [1.807, 2.05) is 44.2 Å². The van der Waals surface area contributed by atoms with Crippen molar-refractivity contribution in [3.05, 3.63) is 63.6 Å². The Labute approximate surface area is 133 Å². The summed E-state index contributed by atoms with van der Waals surface area (Å²) in [6, 6.07) is 13.3. The summed E-state index contributed by atoms with van der Waals surface area (Å²) in [5.74, 6) is 0.801. The Balaban J connectivity index is 1.84. The van der Waals surface area contributed by atoms with Crippen molar-refractivity contribution in [1.82, 2.24) is 5.32 Å². The Bertz CT molecular complexity index is 620. The van der Waals surface area contributed by atoms with Crippen LogP contribution in [0.1, 0.15) is 21.5 Å². The van der Waals surface area contributed by atoms with E-state index in [-0.39, 0.29) is 5.91 Å². The molecule has 0 aliphatic carbocycles. The highest BCUT2D eigenvalue weighted by molar-refractivity contribution is 9.10. The van der Waals surface area contributed by atoms with Crippen molar-refractivity contribution in [2.75, 3.05) is 13.2 Å². The molecule has 2 aromatic rings. The third-order valence-corrected chi connectivity index (χ3v) is 3.62. The summed E-state index contributed by atoms with van der Waals surface area (Å²) in [6.45, 7) is 4.95. The van der Waals surface area contributed by atoms with Gasteiger partial charge in [0.25, 0.3) is 5.91 Å². The fraction of sp³-hybridized carbons (Fsp3) is 0.235. The minimum Gasteiger partial charge on any atom is -0.491 e. The van der Waals surface area contributed by atoms with Gasteiger partial charge in [-0.2, -0.15) is 0 Å². The number of nitrogens with one attached hydrogen (secondary N) is 1. The smallest absolute Gasteiger partial charge is 0.251 e. The molecule has 0 aliphatic rings. The number of benzene rings is 2. The molecular formula is C17H18BrNO2. The Morgan fingerprint density at radius 2 is 1.81 bits per heavy atom. The number of hydrogen-bond acceptors (Lipinski definition) is 2. The van der Waals surface area contributed by atoms with E-state index in [0.29, 0.717) is 18.7 Å². The summed E-state index contributed by atoms with van der Waals surface area (Å²) < 4.78 is 6.64. The molecule has 0 saturated carbocycles. The molecule has 21 heavy (non-hydrogen) atoms. The van der Waals surface area contributed by atoms with E-state index >= 15 is 0 Å². The van der Waals surface area contributed by atoms with Crippen LogP contribution in [-0.2, 0) is 0 Å². The van der Waals surface area contributed by atoms with Crippen molar-refractivity contribution in [1.29, 1.82) is 0 Å². The van der Waals surface area contributed by atoms with E-state index in [2.05, 4.69) is 21.2 Å². The third-order valence-electron chi connectivity index (χ3n) is 3.13. The molecule has 0 bridgehead atoms. The zero-order chi connectivity index (χ0) is 15.2. The molecule has 0 saturated heterocycles. The van der Waals surface area contributed by atoms with E-state index in [9.17, 15) is 4.79 Å². The molecule has 2 aromatic carbocycles. The molecule has 1 N–H and O–H groups in total. The van der Waals surface area contributed by atoms with Gasteiger partial charge < -0.3 is 10.1 Å². The van der Waals surface area contributed by atoms with Crippen LogP contribution in [0.5, 0.6) is 5.75 Å². The summed E-state index contributed by atoms with van der Waals surface area (Å²) >= 11 is 3.35. The second-order valence-electron chi connectivity index (χ2n) is 4.84. The van der Waals surface area contributed by atoms with Gasteiger partial charge in [0.15, 0.2) is 0 Å². The van der Waals surface area contributed by atoms with Gasteiger partial charge >= 0.3 is 0 Å². The lowest BCUT2D eigenvalue weighted by molar-refractivity contribution is 0.0947. The molecule has 0 unspecified atom stereocenters. The number of halogens is 1. The molecule has 0 radical (unpaired) electrons. The molecule has 0 fully saturated rings. The predicted octanol–water partition coefficient (Wildman–Crippen LogP) is 3.87. The molecule has 110 valence electrons. The highest BCUT2D eigenvalue weighted by atomic mass is 79.9. The first-order valence-electron chi connectivity index (χ1n) is 6.80. The molecule has 4 heteroatoms. The van der Waals surface area contributed by atoms with Gasteiger partial charge in [0.1, 0.15) is 12.4 Å². The average molecular weight is 348 g/mol. The summed E-state index contributed by atoms with van der Waals surface area (Å²) in [6.07, 6.45) is 0. The standard InChI is InChI=1S/C17H18BrNO2/c1-12-5-3-6-13(2)16(12)21-10-9-19-17(20)14-7-4-8-15(18)11-14/h3-8,11H,9-10H2,1-2H3,(H,19,20). The first kappa shape index (κ1) is 15.6. The molecule has 0 heterocycles. The van der Waals surface area contributed by atoms with Crippen LogP contribution in [0.4, 0.5) is 0 Å². The fourth-order valence-corrected chi connectivity index (χ4v) is 2.48. The van der Waals surface area contributed by atoms with Crippen LogP contribution in [0.25, 0.3) is 0 Å². The van der Waals surface area contributed by atoms with Crippen molar-refractivity contribution in [3.63, 3.8) is 0 Å². The number of amides is 1. The minimum atomic E-state index is -0.0959. The van der Waals surface area contributed by atoms with Crippen molar-refractivity contribution in [2.45, 2.75) is 13.8 Å². The van der Waals surface area contributed by atoms with Crippen molar-refractivity contribution in [2.24, 2.45) is 0 Å². The first-order chi connectivity index (χ1) is 10.1. The van der Waals surface area contributed by atoms with Gasteiger partial charge in [-0.1, -0.05) is 40.2 Å². The van der Waals surface area contributed by atoms with Gasteiger partial charge in [-0.25, -0.2) is 0 Å². The molecule has 2 rings (SSSR count). The number of para-hydroxylation sites is 1. The van der Waals surface area contributed by atoms with Crippen molar-refractivity contribution >= 4 is 21.8 Å². The highest BCUT2D eigenvalue weighted by Gasteiger charge is 2.06. The quantitative estimate of drug-likeness (QED) is 0.833. The second-order valence-corrected chi connectivity index (χ2v) is 5.75. The third kappa shape index (κ3) is 4.33. The SMILES string of the molecule is Cc1cccc(C)c1OCCNC(=O)c1cccc(Br)c1. The number of carbonyl (C=O) groups excluding carboxylic acids is 1. The van der Waals surface area contributed by atoms with Gasteiger partial charge in [-0.3, -0.25) is 4.79 Å². The lowest BCUT2D eigenvalue weighted by Crippen LogP contribution is -2.28. The number of rotatable bonds is 5. The molecular weight excluding hydrogens is 330 g/mol. The number of aryl methyl sites for hydroxylation is 2. The lowest BCUT2D eigenvalue weighted by Gasteiger charge is -2.12. The highest BCUT2D eigenvalue weighted by Crippen LogP contribution is 2.21. The molecule has 0 aliphatic heterocycles. The predicted molar refractivity (Wildman–Crippen MR) is 87.9 cm³/mol. The van der Waals surface area contributed by atoms with Crippen LogP contribution in [-0.4, -0.2) is 19.1 Å².